The third-order valence-electron chi connectivity index (χ3n) is 3.44. The minimum Gasteiger partial charge on any atom is -0.492 e. The summed E-state index contributed by atoms with van der Waals surface area (Å²) in [4.78, 5) is 8.29. The Morgan fingerprint density at radius 3 is 2.52 bits per heavy atom. The van der Waals surface area contributed by atoms with Gasteiger partial charge in [-0.1, -0.05) is 24.3 Å². The summed E-state index contributed by atoms with van der Waals surface area (Å²) in [5, 5.41) is 28.1. The zero-order chi connectivity index (χ0) is 15.0. The highest BCUT2D eigenvalue weighted by molar-refractivity contribution is 6.58. The molecule has 21 heavy (non-hydrogen) atoms. The van der Waals surface area contributed by atoms with E-state index >= 15 is 0 Å². The fourth-order valence-electron chi connectivity index (χ4n) is 2.35. The lowest BCUT2D eigenvalue weighted by Gasteiger charge is -2.08. The van der Waals surface area contributed by atoms with Crippen LogP contribution in [-0.4, -0.2) is 36.8 Å². The fourth-order valence-corrected chi connectivity index (χ4v) is 2.35. The van der Waals surface area contributed by atoms with Crippen LogP contribution < -0.4 is 5.46 Å². The normalized spacial score (nSPS) is 11.0. The molecular formula is C14H14BN3O3. The Hall–Kier alpha value is -2.38. The van der Waals surface area contributed by atoms with Gasteiger partial charge in [-0.05, 0) is 24.0 Å². The van der Waals surface area contributed by atoms with Gasteiger partial charge in [-0.3, -0.25) is 0 Å². The average molecular weight is 283 g/mol. The van der Waals surface area contributed by atoms with E-state index in [-0.39, 0.29) is 5.88 Å². The minimum atomic E-state index is -1.47. The van der Waals surface area contributed by atoms with E-state index in [1.807, 2.05) is 23.6 Å². The largest absolute Gasteiger partial charge is 0.492 e. The summed E-state index contributed by atoms with van der Waals surface area (Å²) in [6.07, 6.45) is 1.52. The number of aromatic nitrogens is 3. The third kappa shape index (κ3) is 2.48. The number of imidazole rings is 1. The van der Waals surface area contributed by atoms with Crippen molar-refractivity contribution in [2.24, 2.45) is 0 Å². The highest BCUT2D eigenvalue weighted by Gasteiger charge is 2.13. The minimum absolute atomic E-state index is 0.0458. The van der Waals surface area contributed by atoms with Crippen molar-refractivity contribution in [3.05, 3.63) is 47.9 Å². The molecule has 3 N–H and O–H groups in total. The van der Waals surface area contributed by atoms with Crippen LogP contribution in [0.1, 0.15) is 11.4 Å². The van der Waals surface area contributed by atoms with Crippen LogP contribution in [-0.2, 0) is 6.54 Å². The van der Waals surface area contributed by atoms with E-state index in [0.29, 0.717) is 23.0 Å². The summed E-state index contributed by atoms with van der Waals surface area (Å²) < 4.78 is 1.88. The van der Waals surface area contributed by atoms with E-state index in [1.54, 1.807) is 18.2 Å². The first-order chi connectivity index (χ1) is 10.1. The molecule has 0 bridgehead atoms. The molecule has 0 unspecified atom stereocenters. The molecule has 0 atom stereocenters. The van der Waals surface area contributed by atoms with Gasteiger partial charge in [0.25, 0.3) is 0 Å². The van der Waals surface area contributed by atoms with Crippen molar-refractivity contribution >= 4 is 23.6 Å². The highest BCUT2D eigenvalue weighted by atomic mass is 16.4. The van der Waals surface area contributed by atoms with Crippen LogP contribution in [0.3, 0.4) is 0 Å². The van der Waals surface area contributed by atoms with Crippen molar-refractivity contribution in [3.63, 3.8) is 0 Å². The smallest absolute Gasteiger partial charge is 0.488 e. The van der Waals surface area contributed by atoms with E-state index in [0.717, 1.165) is 11.4 Å². The second-order valence-electron chi connectivity index (χ2n) is 4.86. The summed E-state index contributed by atoms with van der Waals surface area (Å²) in [7, 11) is -1.47. The molecule has 0 saturated heterocycles. The molecule has 0 radical (unpaired) electrons. The highest BCUT2D eigenvalue weighted by Crippen LogP contribution is 2.23. The van der Waals surface area contributed by atoms with E-state index < -0.39 is 7.12 Å². The molecule has 6 nitrogen and oxygen atoms in total. The number of aryl methyl sites for hydroxylation is 1. The number of hydrogen-bond donors (Lipinski definition) is 3. The maximum Gasteiger partial charge on any atom is 0.488 e. The van der Waals surface area contributed by atoms with Crippen LogP contribution in [0.5, 0.6) is 5.88 Å². The number of benzene rings is 1. The SMILES string of the molecule is Cc1nc2ccnc(O)c2n1Cc1ccc(B(O)O)cc1. The molecular weight excluding hydrogens is 269 g/mol. The zero-order valence-corrected chi connectivity index (χ0v) is 11.4. The average Bonchev–Trinajstić information content (AvgIpc) is 2.77. The molecule has 7 heteroatoms. The molecule has 0 aliphatic heterocycles. The standard InChI is InChI=1S/C14H14BN3O3/c1-9-17-12-6-7-16-14(19)13(12)18(9)8-10-2-4-11(5-3-10)15(20)21/h2-7,20-21H,8H2,1H3,(H,16,19). The van der Waals surface area contributed by atoms with Crippen LogP contribution in [0.2, 0.25) is 0 Å². The van der Waals surface area contributed by atoms with E-state index in [4.69, 9.17) is 10.0 Å². The maximum absolute atomic E-state index is 9.92. The lowest BCUT2D eigenvalue weighted by atomic mass is 9.80. The van der Waals surface area contributed by atoms with Crippen LogP contribution >= 0.6 is 0 Å². The molecule has 1 aromatic carbocycles. The summed E-state index contributed by atoms with van der Waals surface area (Å²) >= 11 is 0. The number of rotatable bonds is 3. The van der Waals surface area contributed by atoms with Crippen molar-refractivity contribution in [1.82, 2.24) is 14.5 Å². The summed E-state index contributed by atoms with van der Waals surface area (Å²) in [5.74, 6) is 0.732. The van der Waals surface area contributed by atoms with Gasteiger partial charge < -0.3 is 19.7 Å². The van der Waals surface area contributed by atoms with Gasteiger partial charge >= 0.3 is 7.12 Å². The molecule has 2 heterocycles. The van der Waals surface area contributed by atoms with Gasteiger partial charge in [0.1, 0.15) is 11.3 Å². The Balaban J connectivity index is 2.00. The Bertz CT molecular complexity index is 784. The molecule has 0 saturated carbocycles. The van der Waals surface area contributed by atoms with Crippen molar-refractivity contribution in [2.75, 3.05) is 0 Å². The number of aromatic hydroxyl groups is 1. The van der Waals surface area contributed by atoms with Crippen LogP contribution in [0.4, 0.5) is 0 Å². The van der Waals surface area contributed by atoms with E-state index in [2.05, 4.69) is 9.97 Å². The maximum atomic E-state index is 9.92. The zero-order valence-electron chi connectivity index (χ0n) is 11.4. The van der Waals surface area contributed by atoms with Crippen molar-refractivity contribution < 1.29 is 15.2 Å². The lowest BCUT2D eigenvalue weighted by molar-refractivity contribution is 0.426. The van der Waals surface area contributed by atoms with Gasteiger partial charge in [0.15, 0.2) is 0 Å². The Kier molecular flexibility index (Phi) is 3.36. The quantitative estimate of drug-likeness (QED) is 0.596. The Labute approximate surface area is 121 Å². The van der Waals surface area contributed by atoms with Gasteiger partial charge in [-0.2, -0.15) is 0 Å². The lowest BCUT2D eigenvalue weighted by Crippen LogP contribution is -2.29. The molecule has 0 amide bonds. The first-order valence-corrected chi connectivity index (χ1v) is 6.52. The summed E-state index contributed by atoms with van der Waals surface area (Å²) in [6, 6.07) is 8.70. The van der Waals surface area contributed by atoms with Gasteiger partial charge in [0.05, 0.1) is 5.52 Å². The topological polar surface area (TPSA) is 91.4 Å². The summed E-state index contributed by atoms with van der Waals surface area (Å²) in [5.41, 5.74) is 2.70. The molecule has 106 valence electrons. The Morgan fingerprint density at radius 1 is 1.14 bits per heavy atom. The van der Waals surface area contributed by atoms with Gasteiger partial charge in [-0.25, -0.2) is 9.97 Å². The van der Waals surface area contributed by atoms with Gasteiger partial charge in [0.2, 0.25) is 5.88 Å². The van der Waals surface area contributed by atoms with Gasteiger partial charge in [-0.15, -0.1) is 0 Å². The summed E-state index contributed by atoms with van der Waals surface area (Å²) in [6.45, 7) is 2.38. The second kappa shape index (κ2) is 5.19. The van der Waals surface area contributed by atoms with Crippen LogP contribution in [0.25, 0.3) is 11.0 Å². The fraction of sp³-hybridized carbons (Fsp3) is 0.143. The predicted octanol–water partition coefficient (Wildman–Crippen LogP) is 0.173. The van der Waals surface area contributed by atoms with Crippen molar-refractivity contribution in [2.45, 2.75) is 13.5 Å². The molecule has 3 rings (SSSR count). The first-order valence-electron chi connectivity index (χ1n) is 6.52. The van der Waals surface area contributed by atoms with Crippen LogP contribution in [0.15, 0.2) is 36.5 Å². The predicted molar refractivity (Wildman–Crippen MR) is 79.3 cm³/mol. The number of nitrogens with zero attached hydrogens (tertiary/aromatic N) is 3. The first kappa shape index (κ1) is 13.6. The molecule has 0 aliphatic rings. The van der Waals surface area contributed by atoms with Gasteiger partial charge in [0, 0.05) is 12.7 Å². The van der Waals surface area contributed by atoms with Crippen molar-refractivity contribution in [3.8, 4) is 5.88 Å². The monoisotopic (exact) mass is 283 g/mol. The van der Waals surface area contributed by atoms with E-state index in [1.165, 1.54) is 6.20 Å². The molecule has 0 fully saturated rings. The third-order valence-corrected chi connectivity index (χ3v) is 3.44. The molecule has 0 spiro atoms. The van der Waals surface area contributed by atoms with Crippen molar-refractivity contribution in [1.29, 1.82) is 0 Å². The molecule has 2 aromatic heterocycles. The molecule has 3 aromatic rings. The van der Waals surface area contributed by atoms with Crippen LogP contribution in [0, 0.1) is 6.92 Å². The number of pyridine rings is 1. The number of hydrogen-bond acceptors (Lipinski definition) is 5. The number of fused-ring (bicyclic) bond motifs is 1. The Morgan fingerprint density at radius 2 is 1.86 bits per heavy atom. The molecule has 0 aliphatic carbocycles. The second-order valence-corrected chi connectivity index (χ2v) is 4.86. The van der Waals surface area contributed by atoms with E-state index in [9.17, 15) is 5.11 Å².